The highest BCUT2D eigenvalue weighted by Gasteiger charge is 2.17. The Bertz CT molecular complexity index is 303. The molecule has 0 spiro atoms. The van der Waals surface area contributed by atoms with E-state index in [-0.39, 0.29) is 6.10 Å². The minimum Gasteiger partial charge on any atom is -0.388 e. The lowest BCUT2D eigenvalue weighted by atomic mass is 10.1. The Labute approximate surface area is 79.4 Å². The van der Waals surface area contributed by atoms with Crippen molar-refractivity contribution >= 4 is 22.1 Å². The highest BCUT2D eigenvalue weighted by atomic mass is 79.9. The van der Waals surface area contributed by atoms with E-state index in [1.165, 1.54) is 0 Å². The highest BCUT2D eigenvalue weighted by Crippen LogP contribution is 2.29. The van der Waals surface area contributed by atoms with E-state index in [9.17, 15) is 0 Å². The van der Waals surface area contributed by atoms with Crippen molar-refractivity contribution in [2.45, 2.75) is 12.5 Å². The molecule has 12 heavy (non-hydrogen) atoms. The summed E-state index contributed by atoms with van der Waals surface area (Å²) in [6.07, 6.45) is 2.76. The summed E-state index contributed by atoms with van der Waals surface area (Å²) in [7, 11) is 0. The number of rotatable bonds is 1. The second-order valence-corrected chi connectivity index (χ2v) is 3.49. The van der Waals surface area contributed by atoms with Gasteiger partial charge in [-0.25, -0.2) is 0 Å². The van der Waals surface area contributed by atoms with Gasteiger partial charge < -0.3 is 4.84 Å². The van der Waals surface area contributed by atoms with E-state index >= 15 is 0 Å². The summed E-state index contributed by atoms with van der Waals surface area (Å²) >= 11 is 3.47. The van der Waals surface area contributed by atoms with Crippen LogP contribution in [-0.2, 0) is 4.84 Å². The van der Waals surface area contributed by atoms with Crippen molar-refractivity contribution in [3.63, 3.8) is 0 Å². The molecule has 0 saturated carbocycles. The number of oxime groups is 1. The van der Waals surface area contributed by atoms with Crippen LogP contribution in [0.5, 0.6) is 0 Å². The van der Waals surface area contributed by atoms with Crippen molar-refractivity contribution in [2.75, 3.05) is 0 Å². The zero-order valence-electron chi connectivity index (χ0n) is 6.40. The summed E-state index contributed by atoms with van der Waals surface area (Å²) in [6, 6.07) is 8.05. The number of hydrogen-bond acceptors (Lipinski definition) is 2. The molecule has 62 valence electrons. The van der Waals surface area contributed by atoms with Gasteiger partial charge in [0.1, 0.15) is 0 Å². The molecule has 2 rings (SSSR count). The molecule has 1 aromatic carbocycles. The molecule has 0 radical (unpaired) electrons. The van der Waals surface area contributed by atoms with Gasteiger partial charge in [0.05, 0.1) is 0 Å². The third kappa shape index (κ3) is 1.37. The number of hydrogen-bond donors (Lipinski definition) is 0. The van der Waals surface area contributed by atoms with Crippen LogP contribution in [0.4, 0.5) is 0 Å². The smallest absolute Gasteiger partial charge is 0.158 e. The molecule has 2 nitrogen and oxygen atoms in total. The first-order valence-electron chi connectivity index (χ1n) is 3.80. The van der Waals surface area contributed by atoms with Crippen molar-refractivity contribution in [1.82, 2.24) is 0 Å². The molecule has 0 bridgehead atoms. The first-order valence-corrected chi connectivity index (χ1v) is 4.59. The fourth-order valence-corrected chi connectivity index (χ4v) is 1.76. The predicted molar refractivity (Wildman–Crippen MR) is 51.1 cm³/mol. The van der Waals surface area contributed by atoms with Crippen molar-refractivity contribution in [3.8, 4) is 0 Å². The summed E-state index contributed by atoms with van der Waals surface area (Å²) in [4.78, 5) is 5.16. The molecule has 1 aromatic rings. The van der Waals surface area contributed by atoms with Gasteiger partial charge in [0.25, 0.3) is 0 Å². The average Bonchev–Trinajstić information content (AvgIpc) is 2.57. The van der Waals surface area contributed by atoms with Gasteiger partial charge in [-0.05, 0) is 6.07 Å². The molecule has 0 saturated heterocycles. The van der Waals surface area contributed by atoms with Gasteiger partial charge in [-0.15, -0.1) is 0 Å². The van der Waals surface area contributed by atoms with Crippen LogP contribution in [0.3, 0.4) is 0 Å². The summed E-state index contributed by atoms with van der Waals surface area (Å²) in [5.74, 6) is 0. The zero-order valence-corrected chi connectivity index (χ0v) is 7.99. The van der Waals surface area contributed by atoms with Crippen LogP contribution in [0.25, 0.3) is 0 Å². The third-order valence-corrected chi connectivity index (χ3v) is 2.56. The first kappa shape index (κ1) is 7.80. The fourth-order valence-electron chi connectivity index (χ4n) is 1.22. The van der Waals surface area contributed by atoms with E-state index < -0.39 is 0 Å². The van der Waals surface area contributed by atoms with E-state index in [2.05, 4.69) is 21.1 Å². The van der Waals surface area contributed by atoms with E-state index in [0.29, 0.717) is 0 Å². The Morgan fingerprint density at radius 3 is 2.92 bits per heavy atom. The molecule has 0 N–H and O–H groups in total. The number of benzene rings is 1. The summed E-state index contributed by atoms with van der Waals surface area (Å²) < 4.78 is 1.08. The minimum atomic E-state index is 0.0978. The molecule has 1 unspecified atom stereocenters. The van der Waals surface area contributed by atoms with Crippen LogP contribution in [0.1, 0.15) is 18.1 Å². The number of halogens is 1. The number of nitrogens with zero attached hydrogens (tertiary/aromatic N) is 1. The van der Waals surface area contributed by atoms with Crippen LogP contribution in [0.15, 0.2) is 33.9 Å². The second-order valence-electron chi connectivity index (χ2n) is 2.64. The Kier molecular flexibility index (Phi) is 2.13. The highest BCUT2D eigenvalue weighted by molar-refractivity contribution is 9.10. The summed E-state index contributed by atoms with van der Waals surface area (Å²) in [5, 5.41) is 3.74. The maximum atomic E-state index is 5.16. The predicted octanol–water partition coefficient (Wildman–Crippen LogP) is 2.90. The molecule has 0 aliphatic carbocycles. The molecule has 0 amide bonds. The SMILES string of the molecule is Brc1ccccc1C1CC=NO1. The molecule has 1 heterocycles. The molecule has 1 aliphatic rings. The summed E-state index contributed by atoms with van der Waals surface area (Å²) in [5.41, 5.74) is 1.16. The van der Waals surface area contributed by atoms with Gasteiger partial charge >= 0.3 is 0 Å². The quantitative estimate of drug-likeness (QED) is 0.721. The molecule has 3 heteroatoms. The zero-order chi connectivity index (χ0) is 8.39. The van der Waals surface area contributed by atoms with Gasteiger partial charge in [-0.1, -0.05) is 39.3 Å². The minimum absolute atomic E-state index is 0.0978. The fraction of sp³-hybridized carbons (Fsp3) is 0.222. The first-order chi connectivity index (χ1) is 5.88. The van der Waals surface area contributed by atoms with Gasteiger partial charge in [0.2, 0.25) is 0 Å². The lowest BCUT2D eigenvalue weighted by Crippen LogP contribution is -1.96. The lowest BCUT2D eigenvalue weighted by molar-refractivity contribution is 0.0853. The van der Waals surface area contributed by atoms with Crippen LogP contribution < -0.4 is 0 Å². The van der Waals surface area contributed by atoms with Crippen molar-refractivity contribution in [2.24, 2.45) is 5.16 Å². The van der Waals surface area contributed by atoms with E-state index in [0.717, 1.165) is 16.5 Å². The van der Waals surface area contributed by atoms with Crippen LogP contribution in [0, 0.1) is 0 Å². The normalized spacial score (nSPS) is 20.9. The molecular weight excluding hydrogens is 218 g/mol. The molecule has 0 aromatic heterocycles. The maximum absolute atomic E-state index is 5.16. The van der Waals surface area contributed by atoms with E-state index in [1.807, 2.05) is 24.3 Å². The van der Waals surface area contributed by atoms with E-state index in [1.54, 1.807) is 6.21 Å². The molecule has 1 atom stereocenters. The standard InChI is InChI=1S/C9H8BrNO/c10-8-4-2-1-3-7(8)9-5-6-11-12-9/h1-4,6,9H,5H2. The third-order valence-electron chi connectivity index (χ3n) is 1.83. The Morgan fingerprint density at radius 1 is 1.42 bits per heavy atom. The molecule has 0 fully saturated rings. The van der Waals surface area contributed by atoms with Crippen LogP contribution in [-0.4, -0.2) is 6.21 Å². The van der Waals surface area contributed by atoms with Gasteiger partial charge in [-0.2, -0.15) is 0 Å². The van der Waals surface area contributed by atoms with Gasteiger partial charge in [0, 0.05) is 22.7 Å². The van der Waals surface area contributed by atoms with Crippen molar-refractivity contribution in [3.05, 3.63) is 34.3 Å². The van der Waals surface area contributed by atoms with Crippen LogP contribution >= 0.6 is 15.9 Å². The Hall–Kier alpha value is -0.830. The topological polar surface area (TPSA) is 21.6 Å². The Balaban J connectivity index is 2.27. The molecule has 1 aliphatic heterocycles. The van der Waals surface area contributed by atoms with Gasteiger partial charge in [-0.3, -0.25) is 0 Å². The lowest BCUT2D eigenvalue weighted by Gasteiger charge is -2.09. The average molecular weight is 226 g/mol. The summed E-state index contributed by atoms with van der Waals surface area (Å²) in [6.45, 7) is 0. The largest absolute Gasteiger partial charge is 0.388 e. The Morgan fingerprint density at radius 2 is 2.25 bits per heavy atom. The monoisotopic (exact) mass is 225 g/mol. The second kappa shape index (κ2) is 3.27. The van der Waals surface area contributed by atoms with Crippen molar-refractivity contribution < 1.29 is 4.84 Å². The van der Waals surface area contributed by atoms with E-state index in [4.69, 9.17) is 4.84 Å². The molecular formula is C9H8BrNO. The van der Waals surface area contributed by atoms with Crippen molar-refractivity contribution in [1.29, 1.82) is 0 Å². The maximum Gasteiger partial charge on any atom is 0.158 e. The van der Waals surface area contributed by atoms with Crippen LogP contribution in [0.2, 0.25) is 0 Å². The van der Waals surface area contributed by atoms with Gasteiger partial charge in [0.15, 0.2) is 6.10 Å².